The van der Waals surface area contributed by atoms with Crippen molar-refractivity contribution in [1.82, 2.24) is 19.9 Å². The Morgan fingerprint density at radius 1 is 1.24 bits per heavy atom. The number of hydrogen-bond acceptors (Lipinski definition) is 5. The molecule has 0 aliphatic heterocycles. The Kier molecular flexibility index (Phi) is 10.9. The number of aromatic nitrogens is 1. The fraction of sp³-hybridized carbons (Fsp3) is 0.368. The van der Waals surface area contributed by atoms with Crippen molar-refractivity contribution in [1.29, 1.82) is 0 Å². The molecule has 0 spiro atoms. The van der Waals surface area contributed by atoms with Gasteiger partial charge in [0, 0.05) is 44.6 Å². The van der Waals surface area contributed by atoms with Gasteiger partial charge in [-0.15, -0.1) is 24.0 Å². The molecule has 0 saturated heterocycles. The molecule has 0 fully saturated rings. The van der Waals surface area contributed by atoms with E-state index in [4.69, 9.17) is 4.74 Å². The minimum atomic E-state index is -3.58. The summed E-state index contributed by atoms with van der Waals surface area (Å²) in [6.07, 6.45) is 2.85. The topological polar surface area (TPSA) is 95.9 Å². The van der Waals surface area contributed by atoms with Crippen LogP contribution in [0.4, 0.5) is 0 Å². The van der Waals surface area contributed by atoms with Crippen molar-refractivity contribution in [2.24, 2.45) is 4.99 Å². The van der Waals surface area contributed by atoms with Gasteiger partial charge in [-0.2, -0.15) is 0 Å². The maximum Gasteiger partial charge on any atom is 0.242 e. The number of para-hydroxylation sites is 1. The van der Waals surface area contributed by atoms with Gasteiger partial charge in [0.2, 0.25) is 10.0 Å². The normalized spacial score (nSPS) is 11.5. The van der Waals surface area contributed by atoms with Crippen LogP contribution in [-0.4, -0.2) is 58.1 Å². The smallest absolute Gasteiger partial charge is 0.242 e. The second-order valence-electron chi connectivity index (χ2n) is 5.99. The molecule has 29 heavy (non-hydrogen) atoms. The number of ether oxygens (including phenoxy) is 1. The molecule has 0 radical (unpaired) electrons. The third-order valence-corrected chi connectivity index (χ3v) is 5.35. The highest BCUT2D eigenvalue weighted by Gasteiger charge is 2.13. The molecule has 1 heterocycles. The summed E-state index contributed by atoms with van der Waals surface area (Å²) < 4.78 is 32.4. The lowest BCUT2D eigenvalue weighted by molar-refractivity contribution is 0.396. The predicted octanol–water partition coefficient (Wildman–Crippen LogP) is 2.08. The van der Waals surface area contributed by atoms with E-state index in [0.29, 0.717) is 25.6 Å². The zero-order valence-electron chi connectivity index (χ0n) is 16.8. The van der Waals surface area contributed by atoms with Crippen molar-refractivity contribution >= 4 is 40.0 Å². The molecule has 160 valence electrons. The number of halogens is 1. The Morgan fingerprint density at radius 3 is 2.66 bits per heavy atom. The van der Waals surface area contributed by atoms with Crippen LogP contribution in [0.25, 0.3) is 0 Å². The molecule has 0 saturated carbocycles. The third kappa shape index (κ3) is 7.78. The fourth-order valence-electron chi connectivity index (χ4n) is 2.56. The maximum atomic E-state index is 12.2. The van der Waals surface area contributed by atoms with E-state index in [0.717, 1.165) is 11.3 Å². The second-order valence-corrected chi connectivity index (χ2v) is 7.76. The summed E-state index contributed by atoms with van der Waals surface area (Å²) in [6.45, 7) is 3.79. The Hall–Kier alpha value is -1.92. The number of hydrogen-bond donors (Lipinski definition) is 2. The van der Waals surface area contributed by atoms with Crippen molar-refractivity contribution in [3.8, 4) is 5.75 Å². The Morgan fingerprint density at radius 2 is 2.00 bits per heavy atom. The van der Waals surface area contributed by atoms with E-state index >= 15 is 0 Å². The number of aliphatic imine (C=N–C) groups is 1. The molecule has 10 heteroatoms. The Balaban J connectivity index is 0.00000420. The quantitative estimate of drug-likeness (QED) is 0.222. The number of benzene rings is 1. The van der Waals surface area contributed by atoms with Crippen molar-refractivity contribution in [3.05, 3.63) is 54.4 Å². The van der Waals surface area contributed by atoms with E-state index in [2.05, 4.69) is 20.0 Å². The summed E-state index contributed by atoms with van der Waals surface area (Å²) >= 11 is 0. The van der Waals surface area contributed by atoms with E-state index in [1.807, 2.05) is 43.1 Å². The van der Waals surface area contributed by atoms with E-state index in [1.165, 1.54) is 18.5 Å². The first-order valence-electron chi connectivity index (χ1n) is 8.99. The summed E-state index contributed by atoms with van der Waals surface area (Å²) in [7, 11) is -0.0109. The highest BCUT2D eigenvalue weighted by atomic mass is 127. The SMILES string of the molecule is CCNC(=NCCNS(=O)(=O)c1cccnc1)N(C)Cc1ccccc1OC.I. The average Bonchev–Trinajstić information content (AvgIpc) is 2.71. The van der Waals surface area contributed by atoms with Crippen molar-refractivity contribution in [3.63, 3.8) is 0 Å². The van der Waals surface area contributed by atoms with Gasteiger partial charge in [-0.3, -0.25) is 9.98 Å². The summed E-state index contributed by atoms with van der Waals surface area (Å²) in [5.41, 5.74) is 1.04. The van der Waals surface area contributed by atoms with Gasteiger partial charge in [0.15, 0.2) is 5.96 Å². The van der Waals surface area contributed by atoms with E-state index in [9.17, 15) is 8.42 Å². The van der Waals surface area contributed by atoms with Crippen LogP contribution in [0.3, 0.4) is 0 Å². The standard InChI is InChI=1S/C19H27N5O3S.HI/c1-4-21-19(24(2)15-16-8-5-6-10-18(16)27-3)22-12-13-23-28(25,26)17-9-7-11-20-14-17;/h5-11,14,23H,4,12-13,15H2,1-3H3,(H,21,22);1H. The number of methoxy groups -OCH3 is 1. The Bertz CT molecular complexity index is 878. The van der Waals surface area contributed by atoms with Gasteiger partial charge in [-0.25, -0.2) is 13.1 Å². The van der Waals surface area contributed by atoms with E-state index in [1.54, 1.807) is 13.2 Å². The van der Waals surface area contributed by atoms with Gasteiger partial charge in [0.05, 0.1) is 13.7 Å². The molecule has 2 aromatic rings. The largest absolute Gasteiger partial charge is 0.496 e. The van der Waals surface area contributed by atoms with Crippen molar-refractivity contribution in [2.45, 2.75) is 18.4 Å². The highest BCUT2D eigenvalue weighted by Crippen LogP contribution is 2.18. The second kappa shape index (κ2) is 12.6. The lowest BCUT2D eigenvalue weighted by atomic mass is 10.2. The number of nitrogens with zero attached hydrogens (tertiary/aromatic N) is 3. The molecule has 0 unspecified atom stereocenters. The van der Waals surface area contributed by atoms with Gasteiger partial charge in [0.25, 0.3) is 0 Å². The first kappa shape index (κ1) is 25.1. The number of pyridine rings is 1. The number of nitrogens with one attached hydrogen (secondary N) is 2. The molecule has 0 atom stereocenters. The Labute approximate surface area is 189 Å². The molecular weight excluding hydrogens is 505 g/mol. The molecular formula is C19H28IN5O3S. The average molecular weight is 533 g/mol. The van der Waals surface area contributed by atoms with Crippen LogP contribution in [0, 0.1) is 0 Å². The first-order chi connectivity index (χ1) is 13.5. The maximum absolute atomic E-state index is 12.2. The molecule has 2 N–H and O–H groups in total. The molecule has 1 aromatic carbocycles. The zero-order chi connectivity index (χ0) is 20.4. The van der Waals surface area contributed by atoms with E-state index in [-0.39, 0.29) is 35.4 Å². The van der Waals surface area contributed by atoms with Crippen molar-refractivity contribution in [2.75, 3.05) is 33.8 Å². The summed E-state index contributed by atoms with van der Waals surface area (Å²) in [5, 5.41) is 3.22. The van der Waals surface area contributed by atoms with Crippen LogP contribution in [0.2, 0.25) is 0 Å². The van der Waals surface area contributed by atoms with Gasteiger partial charge < -0.3 is 15.0 Å². The predicted molar refractivity (Wildman–Crippen MR) is 125 cm³/mol. The number of sulfonamides is 1. The van der Waals surface area contributed by atoms with Gasteiger partial charge in [-0.1, -0.05) is 18.2 Å². The van der Waals surface area contributed by atoms with Crippen LogP contribution >= 0.6 is 24.0 Å². The molecule has 8 nitrogen and oxygen atoms in total. The van der Waals surface area contributed by atoms with Crippen LogP contribution < -0.4 is 14.8 Å². The molecule has 2 rings (SSSR count). The van der Waals surface area contributed by atoms with Crippen LogP contribution in [0.5, 0.6) is 5.75 Å². The van der Waals surface area contributed by atoms with Gasteiger partial charge in [-0.05, 0) is 25.1 Å². The molecule has 0 aliphatic rings. The molecule has 0 amide bonds. The number of guanidine groups is 1. The van der Waals surface area contributed by atoms with Crippen LogP contribution in [-0.2, 0) is 16.6 Å². The third-order valence-electron chi connectivity index (χ3n) is 3.91. The summed E-state index contributed by atoms with van der Waals surface area (Å²) in [5.74, 6) is 1.50. The highest BCUT2D eigenvalue weighted by molar-refractivity contribution is 14.0. The minimum absolute atomic E-state index is 0. The van der Waals surface area contributed by atoms with Gasteiger partial charge >= 0.3 is 0 Å². The van der Waals surface area contributed by atoms with Gasteiger partial charge in [0.1, 0.15) is 10.6 Å². The first-order valence-corrected chi connectivity index (χ1v) is 10.5. The zero-order valence-corrected chi connectivity index (χ0v) is 20.0. The monoisotopic (exact) mass is 533 g/mol. The van der Waals surface area contributed by atoms with Crippen LogP contribution in [0.1, 0.15) is 12.5 Å². The minimum Gasteiger partial charge on any atom is -0.496 e. The molecule has 0 aliphatic carbocycles. The molecule has 0 bridgehead atoms. The fourth-order valence-corrected chi connectivity index (χ4v) is 3.55. The lowest BCUT2D eigenvalue weighted by Gasteiger charge is -2.23. The summed E-state index contributed by atoms with van der Waals surface area (Å²) in [4.78, 5) is 10.5. The molecule has 1 aromatic heterocycles. The van der Waals surface area contributed by atoms with E-state index < -0.39 is 10.0 Å². The summed E-state index contributed by atoms with van der Waals surface area (Å²) in [6, 6.07) is 10.9. The lowest BCUT2D eigenvalue weighted by Crippen LogP contribution is -2.39. The number of rotatable bonds is 9. The van der Waals surface area contributed by atoms with Crippen LogP contribution in [0.15, 0.2) is 58.7 Å². The van der Waals surface area contributed by atoms with Crippen molar-refractivity contribution < 1.29 is 13.2 Å².